The second kappa shape index (κ2) is 13.7. The Kier molecular flexibility index (Phi) is 10.6. The molecule has 1 heterocycles. The van der Waals surface area contributed by atoms with Crippen LogP contribution in [0.25, 0.3) is 0 Å². The Hall–Kier alpha value is -3.80. The Balaban J connectivity index is 1.78. The first-order chi connectivity index (χ1) is 19.3. The highest BCUT2D eigenvalue weighted by Gasteiger charge is 2.42. The lowest BCUT2D eigenvalue weighted by molar-refractivity contribution is -0.124. The van der Waals surface area contributed by atoms with Gasteiger partial charge in [-0.1, -0.05) is 44.0 Å². The predicted molar refractivity (Wildman–Crippen MR) is 156 cm³/mol. The molecule has 0 saturated carbocycles. The van der Waals surface area contributed by atoms with Crippen LogP contribution in [0.1, 0.15) is 58.1 Å². The van der Waals surface area contributed by atoms with Crippen LogP contribution in [0, 0.1) is 0 Å². The first kappa shape index (κ1) is 31.7. The SMILES string of the molecule is CCCCCNC(=O)[C@H](Cc1cccc(N2CC(=O)N(Cc3ccc(OC)cc3)S2(=O)=O)c1)NC(=O)OC(C)(C)C. The van der Waals surface area contributed by atoms with Gasteiger partial charge in [0.1, 0.15) is 23.9 Å². The highest BCUT2D eigenvalue weighted by Crippen LogP contribution is 2.29. The van der Waals surface area contributed by atoms with Gasteiger partial charge in [0.2, 0.25) is 5.91 Å². The van der Waals surface area contributed by atoms with Gasteiger partial charge in [-0.15, -0.1) is 0 Å². The van der Waals surface area contributed by atoms with Crippen molar-refractivity contribution in [3.05, 3.63) is 59.7 Å². The van der Waals surface area contributed by atoms with Crippen molar-refractivity contribution in [1.29, 1.82) is 0 Å². The molecule has 3 amide bonds. The number of hydrogen-bond acceptors (Lipinski definition) is 7. The fourth-order valence-electron chi connectivity index (χ4n) is 4.27. The van der Waals surface area contributed by atoms with Crippen molar-refractivity contribution in [3.63, 3.8) is 0 Å². The van der Waals surface area contributed by atoms with Crippen LogP contribution < -0.4 is 19.7 Å². The third-order valence-corrected chi connectivity index (χ3v) is 8.11. The molecule has 41 heavy (non-hydrogen) atoms. The molecular formula is C29H40N4O7S. The zero-order valence-corrected chi connectivity index (χ0v) is 25.1. The van der Waals surface area contributed by atoms with Gasteiger partial charge >= 0.3 is 16.3 Å². The van der Waals surface area contributed by atoms with E-state index in [1.54, 1.807) is 69.3 Å². The molecule has 11 nitrogen and oxygen atoms in total. The lowest BCUT2D eigenvalue weighted by Gasteiger charge is -2.24. The van der Waals surface area contributed by atoms with Gasteiger partial charge in [-0.3, -0.25) is 9.59 Å². The molecule has 1 aliphatic rings. The third kappa shape index (κ3) is 8.84. The van der Waals surface area contributed by atoms with E-state index in [1.165, 1.54) is 7.11 Å². The number of nitrogens with zero attached hydrogens (tertiary/aromatic N) is 2. The maximum atomic E-state index is 13.4. The summed E-state index contributed by atoms with van der Waals surface area (Å²) in [6.45, 7) is 7.26. The number of benzene rings is 2. The summed E-state index contributed by atoms with van der Waals surface area (Å²) < 4.78 is 39.2. The maximum absolute atomic E-state index is 13.4. The molecule has 2 aromatic rings. The number of carbonyl (C=O) groups is 3. The van der Waals surface area contributed by atoms with Crippen LogP contribution >= 0.6 is 0 Å². The summed E-state index contributed by atoms with van der Waals surface area (Å²) in [6, 6.07) is 12.4. The second-order valence-electron chi connectivity index (χ2n) is 10.8. The number of hydrogen-bond donors (Lipinski definition) is 2. The fourth-order valence-corrected chi connectivity index (χ4v) is 5.78. The van der Waals surface area contributed by atoms with Crippen LogP contribution in [0.2, 0.25) is 0 Å². The minimum Gasteiger partial charge on any atom is -0.497 e. The van der Waals surface area contributed by atoms with E-state index < -0.39 is 33.9 Å². The van der Waals surface area contributed by atoms with Crippen LogP contribution in [-0.2, 0) is 37.5 Å². The standard InChI is InChI=1S/C29H40N4O7S/c1-6-7-8-16-30-27(35)25(31-28(36)40-29(2,3)4)18-22-10-9-11-23(17-22)32-20-26(34)33(41(32,37)38)19-21-12-14-24(39-5)15-13-21/h9-15,17,25H,6-8,16,18-20H2,1-5H3,(H,30,35)(H,31,36)/t25-/m0/s1. The minimum atomic E-state index is -4.15. The van der Waals surface area contributed by atoms with Crippen molar-refractivity contribution in [1.82, 2.24) is 14.9 Å². The molecule has 1 saturated heterocycles. The molecule has 0 spiro atoms. The Morgan fingerprint density at radius 2 is 1.76 bits per heavy atom. The van der Waals surface area contributed by atoms with E-state index in [0.717, 1.165) is 27.9 Å². The summed E-state index contributed by atoms with van der Waals surface area (Å²) in [4.78, 5) is 38.3. The summed E-state index contributed by atoms with van der Waals surface area (Å²) in [7, 11) is -2.61. The lowest BCUT2D eigenvalue weighted by atomic mass is 10.0. The van der Waals surface area contributed by atoms with Gasteiger partial charge in [-0.25, -0.2) is 13.4 Å². The van der Waals surface area contributed by atoms with Gasteiger partial charge in [0.15, 0.2) is 0 Å². The summed E-state index contributed by atoms with van der Waals surface area (Å²) >= 11 is 0. The molecule has 0 radical (unpaired) electrons. The van der Waals surface area contributed by atoms with Crippen molar-refractivity contribution in [2.45, 2.75) is 71.6 Å². The number of alkyl carbamates (subject to hydrolysis) is 1. The number of anilines is 1. The molecule has 3 rings (SSSR count). The van der Waals surface area contributed by atoms with E-state index in [4.69, 9.17) is 9.47 Å². The Morgan fingerprint density at radius 3 is 2.39 bits per heavy atom. The van der Waals surface area contributed by atoms with Gasteiger partial charge in [0.25, 0.3) is 5.91 Å². The number of carbonyl (C=O) groups excluding carboxylic acids is 3. The molecular weight excluding hydrogens is 548 g/mol. The van der Waals surface area contributed by atoms with Crippen LogP contribution in [-0.4, -0.2) is 62.5 Å². The van der Waals surface area contributed by atoms with Crippen molar-refractivity contribution >= 4 is 33.8 Å². The van der Waals surface area contributed by atoms with E-state index >= 15 is 0 Å². The maximum Gasteiger partial charge on any atom is 0.408 e. The van der Waals surface area contributed by atoms with E-state index in [9.17, 15) is 22.8 Å². The molecule has 2 N–H and O–H groups in total. The van der Waals surface area contributed by atoms with Gasteiger partial charge in [-0.05, 0) is 62.6 Å². The van der Waals surface area contributed by atoms with Crippen molar-refractivity contribution in [2.75, 3.05) is 24.5 Å². The van der Waals surface area contributed by atoms with Gasteiger partial charge < -0.3 is 20.1 Å². The molecule has 224 valence electrons. The molecule has 0 aliphatic carbocycles. The Bertz CT molecular complexity index is 1320. The molecule has 1 fully saturated rings. The van der Waals surface area contributed by atoms with E-state index in [-0.39, 0.29) is 31.1 Å². The van der Waals surface area contributed by atoms with Gasteiger partial charge in [-0.2, -0.15) is 8.42 Å². The van der Waals surface area contributed by atoms with E-state index in [2.05, 4.69) is 17.6 Å². The molecule has 1 atom stereocenters. The predicted octanol–water partition coefficient (Wildman–Crippen LogP) is 3.53. The molecule has 0 bridgehead atoms. The van der Waals surface area contributed by atoms with Crippen LogP contribution in [0.15, 0.2) is 48.5 Å². The van der Waals surface area contributed by atoms with Crippen molar-refractivity contribution < 1.29 is 32.3 Å². The van der Waals surface area contributed by atoms with Crippen LogP contribution in [0.5, 0.6) is 5.75 Å². The number of methoxy groups -OCH3 is 1. The number of nitrogens with one attached hydrogen (secondary N) is 2. The average Bonchev–Trinajstić information content (AvgIpc) is 3.13. The molecule has 0 aromatic heterocycles. The topological polar surface area (TPSA) is 134 Å². The normalized spacial score (nSPS) is 15.4. The molecule has 1 aliphatic heterocycles. The van der Waals surface area contributed by atoms with Crippen molar-refractivity contribution in [2.24, 2.45) is 0 Å². The largest absolute Gasteiger partial charge is 0.497 e. The Morgan fingerprint density at radius 1 is 1.05 bits per heavy atom. The van der Waals surface area contributed by atoms with E-state index in [1.807, 2.05) is 0 Å². The quantitative estimate of drug-likeness (QED) is 0.362. The smallest absolute Gasteiger partial charge is 0.408 e. The zero-order valence-electron chi connectivity index (χ0n) is 24.3. The third-order valence-electron chi connectivity index (χ3n) is 6.32. The lowest BCUT2D eigenvalue weighted by Crippen LogP contribution is -2.49. The summed E-state index contributed by atoms with van der Waals surface area (Å²) in [5.74, 6) is -0.300. The van der Waals surface area contributed by atoms with Gasteiger partial charge in [0, 0.05) is 13.0 Å². The van der Waals surface area contributed by atoms with Crippen LogP contribution in [0.4, 0.5) is 10.5 Å². The number of amides is 3. The summed E-state index contributed by atoms with van der Waals surface area (Å²) in [5.41, 5.74) is 0.774. The fraction of sp³-hybridized carbons (Fsp3) is 0.483. The zero-order chi connectivity index (χ0) is 30.2. The number of rotatable bonds is 12. The number of ether oxygens (including phenoxy) is 2. The van der Waals surface area contributed by atoms with Gasteiger partial charge in [0.05, 0.1) is 19.3 Å². The van der Waals surface area contributed by atoms with Crippen LogP contribution in [0.3, 0.4) is 0 Å². The van der Waals surface area contributed by atoms with E-state index in [0.29, 0.717) is 23.4 Å². The number of unbranched alkanes of at least 4 members (excludes halogenated alkanes) is 2. The summed E-state index contributed by atoms with van der Waals surface area (Å²) in [6.07, 6.45) is 2.13. The first-order valence-corrected chi connectivity index (χ1v) is 15.1. The Labute approximate surface area is 242 Å². The first-order valence-electron chi connectivity index (χ1n) is 13.7. The second-order valence-corrected chi connectivity index (χ2v) is 12.6. The molecule has 2 aromatic carbocycles. The molecule has 12 heteroatoms. The highest BCUT2D eigenvalue weighted by atomic mass is 32.2. The monoisotopic (exact) mass is 588 g/mol. The summed E-state index contributed by atoms with van der Waals surface area (Å²) in [5, 5.41) is 5.50. The minimum absolute atomic E-state index is 0.0874. The molecule has 0 unspecified atom stereocenters. The van der Waals surface area contributed by atoms with Crippen molar-refractivity contribution in [3.8, 4) is 5.75 Å². The highest BCUT2D eigenvalue weighted by molar-refractivity contribution is 7.91. The average molecular weight is 589 g/mol.